The molecular weight excluding hydrogens is 450 g/mol. The van der Waals surface area contributed by atoms with Crippen molar-refractivity contribution in [3.8, 4) is 0 Å². The quantitative estimate of drug-likeness (QED) is 0.416. The number of nitrogens with one attached hydrogen (secondary N) is 1. The van der Waals surface area contributed by atoms with Gasteiger partial charge in [-0.3, -0.25) is 4.79 Å². The van der Waals surface area contributed by atoms with E-state index in [1.165, 1.54) is 5.57 Å². The highest BCUT2D eigenvalue weighted by Gasteiger charge is 2.24. The van der Waals surface area contributed by atoms with Gasteiger partial charge in [-0.1, -0.05) is 37.6 Å². The van der Waals surface area contributed by atoms with E-state index in [1.807, 2.05) is 33.0 Å². The molecule has 2 heterocycles. The summed E-state index contributed by atoms with van der Waals surface area (Å²) in [5, 5.41) is 14.5. The molecule has 4 rings (SSSR count). The monoisotopic (exact) mass is 479 g/mol. The highest BCUT2D eigenvalue weighted by atomic mass is 35.5. The van der Waals surface area contributed by atoms with Gasteiger partial charge in [0.2, 0.25) is 0 Å². The minimum Gasteiger partial charge on any atom is -0.476 e. The number of benzene rings is 1. The molecule has 2 N–H and O–H groups in total. The standard InChI is InChI=1S/C27H30ClN3O3/c1-15-12-18(16(2)29-21-6-7-23(28)30-24(21)26(33)34)19-14-22(31(5)25(32)20(19)13-15)17-8-10-27(3,4)11-9-17/h6-8,12-14,16,29H,9-11H2,1-5H3,(H,33,34). The van der Waals surface area contributed by atoms with Crippen LogP contribution in [0.5, 0.6) is 0 Å². The molecule has 1 aromatic carbocycles. The number of aromatic carboxylic acids is 1. The summed E-state index contributed by atoms with van der Waals surface area (Å²) in [5.41, 5.74) is 4.50. The number of anilines is 1. The van der Waals surface area contributed by atoms with Gasteiger partial charge in [0.05, 0.1) is 5.69 Å². The number of rotatable bonds is 5. The predicted molar refractivity (Wildman–Crippen MR) is 138 cm³/mol. The van der Waals surface area contributed by atoms with Gasteiger partial charge in [0.15, 0.2) is 5.69 Å². The molecule has 0 amide bonds. The third kappa shape index (κ3) is 4.60. The average molecular weight is 480 g/mol. The minimum absolute atomic E-state index is 0.0326. The molecule has 0 saturated heterocycles. The fourth-order valence-electron chi connectivity index (χ4n) is 4.69. The first kappa shape index (κ1) is 24.0. The van der Waals surface area contributed by atoms with Crippen molar-refractivity contribution in [1.29, 1.82) is 0 Å². The number of aryl methyl sites for hydroxylation is 1. The van der Waals surface area contributed by atoms with Crippen LogP contribution in [-0.2, 0) is 7.05 Å². The van der Waals surface area contributed by atoms with Crippen LogP contribution in [0.25, 0.3) is 16.3 Å². The van der Waals surface area contributed by atoms with E-state index < -0.39 is 5.97 Å². The fraction of sp³-hybridized carbons (Fsp3) is 0.370. The van der Waals surface area contributed by atoms with Crippen molar-refractivity contribution >= 4 is 39.6 Å². The zero-order chi connectivity index (χ0) is 24.8. The molecule has 34 heavy (non-hydrogen) atoms. The van der Waals surface area contributed by atoms with Crippen molar-refractivity contribution in [2.75, 3.05) is 5.32 Å². The van der Waals surface area contributed by atoms with Gasteiger partial charge in [0.25, 0.3) is 5.56 Å². The molecule has 0 saturated carbocycles. The number of hydrogen-bond donors (Lipinski definition) is 2. The van der Waals surface area contributed by atoms with Crippen LogP contribution in [0, 0.1) is 12.3 Å². The lowest BCUT2D eigenvalue weighted by molar-refractivity contribution is 0.0691. The number of carboxylic acid groups (broad SMARTS) is 1. The maximum atomic E-state index is 13.4. The van der Waals surface area contributed by atoms with Crippen molar-refractivity contribution in [1.82, 2.24) is 9.55 Å². The Morgan fingerprint density at radius 1 is 1.24 bits per heavy atom. The molecule has 0 bridgehead atoms. The maximum absolute atomic E-state index is 13.4. The Hall–Kier alpha value is -3.12. The van der Waals surface area contributed by atoms with Crippen molar-refractivity contribution in [2.24, 2.45) is 12.5 Å². The van der Waals surface area contributed by atoms with E-state index in [-0.39, 0.29) is 27.9 Å². The molecule has 0 fully saturated rings. The van der Waals surface area contributed by atoms with Crippen LogP contribution in [0.15, 0.2) is 41.2 Å². The number of pyridine rings is 2. The van der Waals surface area contributed by atoms with Crippen molar-refractivity contribution in [3.05, 3.63) is 74.4 Å². The first-order valence-corrected chi connectivity index (χ1v) is 11.8. The molecule has 0 spiro atoms. The lowest BCUT2D eigenvalue weighted by Gasteiger charge is -2.29. The van der Waals surface area contributed by atoms with Crippen LogP contribution >= 0.6 is 11.6 Å². The number of hydrogen-bond acceptors (Lipinski definition) is 4. The number of aromatic nitrogens is 2. The Kier molecular flexibility index (Phi) is 6.30. The Morgan fingerprint density at radius 3 is 2.62 bits per heavy atom. The second-order valence-corrected chi connectivity index (χ2v) is 10.4. The molecule has 2 aromatic heterocycles. The summed E-state index contributed by atoms with van der Waals surface area (Å²) >= 11 is 5.91. The normalized spacial score (nSPS) is 16.2. The Bertz CT molecular complexity index is 1390. The van der Waals surface area contributed by atoms with Gasteiger partial charge in [-0.15, -0.1) is 0 Å². The van der Waals surface area contributed by atoms with Crippen LogP contribution in [0.2, 0.25) is 5.15 Å². The second-order valence-electron chi connectivity index (χ2n) is 10.0. The third-order valence-corrected chi connectivity index (χ3v) is 6.95. The average Bonchev–Trinajstić information content (AvgIpc) is 2.77. The van der Waals surface area contributed by atoms with Crippen LogP contribution in [0.3, 0.4) is 0 Å². The van der Waals surface area contributed by atoms with E-state index in [0.29, 0.717) is 11.1 Å². The lowest BCUT2D eigenvalue weighted by Crippen LogP contribution is -2.23. The SMILES string of the molecule is Cc1cc(C(C)Nc2ccc(Cl)nc2C(=O)O)c2cc(C3=CCC(C)(C)CC3)n(C)c(=O)c2c1. The summed E-state index contributed by atoms with van der Waals surface area (Å²) in [6, 6.07) is 8.97. The van der Waals surface area contributed by atoms with Gasteiger partial charge in [0, 0.05) is 24.2 Å². The van der Waals surface area contributed by atoms with Gasteiger partial charge in [-0.05, 0) is 84.9 Å². The summed E-state index contributed by atoms with van der Waals surface area (Å²) in [6.45, 7) is 8.45. The van der Waals surface area contributed by atoms with E-state index in [2.05, 4.69) is 36.3 Å². The smallest absolute Gasteiger partial charge is 0.356 e. The first-order chi connectivity index (χ1) is 16.0. The number of halogens is 1. The van der Waals surface area contributed by atoms with Crippen molar-refractivity contribution < 1.29 is 9.90 Å². The molecule has 3 aromatic rings. The summed E-state index contributed by atoms with van der Waals surface area (Å²) in [4.78, 5) is 29.0. The minimum atomic E-state index is -1.16. The Morgan fingerprint density at radius 2 is 1.97 bits per heavy atom. The van der Waals surface area contributed by atoms with E-state index in [9.17, 15) is 14.7 Å². The van der Waals surface area contributed by atoms with Crippen LogP contribution in [0.4, 0.5) is 5.69 Å². The molecule has 6 nitrogen and oxygen atoms in total. The molecular formula is C27H30ClN3O3. The molecule has 1 unspecified atom stereocenters. The predicted octanol–water partition coefficient (Wildman–Crippen LogP) is 6.36. The summed E-state index contributed by atoms with van der Waals surface area (Å²) in [7, 11) is 1.83. The highest BCUT2D eigenvalue weighted by Crippen LogP contribution is 2.38. The molecule has 1 aliphatic rings. The molecule has 1 atom stereocenters. The molecule has 0 aliphatic heterocycles. The second kappa shape index (κ2) is 8.91. The summed E-state index contributed by atoms with van der Waals surface area (Å²) in [6.07, 6.45) is 5.25. The fourth-order valence-corrected chi connectivity index (χ4v) is 4.84. The molecule has 0 radical (unpaired) electrons. The van der Waals surface area contributed by atoms with Crippen LogP contribution < -0.4 is 10.9 Å². The van der Waals surface area contributed by atoms with Gasteiger partial charge >= 0.3 is 5.97 Å². The first-order valence-electron chi connectivity index (χ1n) is 11.5. The van der Waals surface area contributed by atoms with E-state index >= 15 is 0 Å². The third-order valence-electron chi connectivity index (χ3n) is 6.74. The number of fused-ring (bicyclic) bond motifs is 1. The molecule has 1 aliphatic carbocycles. The van der Waals surface area contributed by atoms with E-state index in [4.69, 9.17) is 11.6 Å². The Labute approximate surface area is 204 Å². The summed E-state index contributed by atoms with van der Waals surface area (Å²) < 4.78 is 1.75. The van der Waals surface area contributed by atoms with E-state index in [1.54, 1.807) is 16.7 Å². The van der Waals surface area contributed by atoms with Gasteiger partial charge < -0.3 is 15.0 Å². The number of carbonyl (C=O) groups is 1. The van der Waals surface area contributed by atoms with Crippen LogP contribution in [-0.4, -0.2) is 20.6 Å². The number of allylic oxidation sites excluding steroid dienone is 2. The largest absolute Gasteiger partial charge is 0.476 e. The maximum Gasteiger partial charge on any atom is 0.356 e. The molecule has 7 heteroatoms. The van der Waals surface area contributed by atoms with Gasteiger partial charge in [0.1, 0.15) is 5.15 Å². The van der Waals surface area contributed by atoms with Gasteiger partial charge in [-0.25, -0.2) is 9.78 Å². The number of nitrogens with zero attached hydrogens (tertiary/aromatic N) is 2. The Balaban J connectivity index is 1.84. The van der Waals surface area contributed by atoms with Crippen molar-refractivity contribution in [3.63, 3.8) is 0 Å². The van der Waals surface area contributed by atoms with Gasteiger partial charge in [-0.2, -0.15) is 0 Å². The zero-order valence-corrected chi connectivity index (χ0v) is 21.0. The molecule has 178 valence electrons. The van der Waals surface area contributed by atoms with Crippen LogP contribution in [0.1, 0.15) is 73.4 Å². The van der Waals surface area contributed by atoms with E-state index in [0.717, 1.165) is 41.5 Å². The zero-order valence-electron chi connectivity index (χ0n) is 20.2. The number of carboxylic acids is 1. The summed E-state index contributed by atoms with van der Waals surface area (Å²) in [5.74, 6) is -1.16. The highest BCUT2D eigenvalue weighted by molar-refractivity contribution is 6.29. The lowest BCUT2D eigenvalue weighted by atomic mass is 9.77. The van der Waals surface area contributed by atoms with Crippen molar-refractivity contribution in [2.45, 2.75) is 53.0 Å². The topological polar surface area (TPSA) is 84.2 Å².